The first-order valence-corrected chi connectivity index (χ1v) is 8.60. The molecule has 1 aliphatic heterocycles. The van der Waals surface area contributed by atoms with Gasteiger partial charge in [0.05, 0.1) is 12.6 Å². The third-order valence-electron chi connectivity index (χ3n) is 4.68. The lowest BCUT2D eigenvalue weighted by Crippen LogP contribution is -2.33. The molecule has 2 N–H and O–H groups in total. The van der Waals surface area contributed by atoms with Crippen LogP contribution in [-0.4, -0.2) is 35.8 Å². The van der Waals surface area contributed by atoms with E-state index in [1.807, 2.05) is 12.1 Å². The second kappa shape index (κ2) is 7.47. The zero-order valence-corrected chi connectivity index (χ0v) is 13.7. The SMILES string of the molecule is O=C(CCCN1C(=O)CNC1=O)NC1CCCCc2ccccc21. The molecule has 2 aliphatic rings. The summed E-state index contributed by atoms with van der Waals surface area (Å²) < 4.78 is 0. The highest BCUT2D eigenvalue weighted by atomic mass is 16.2. The fraction of sp³-hybridized carbons (Fsp3) is 0.500. The van der Waals surface area contributed by atoms with Gasteiger partial charge in [-0.2, -0.15) is 0 Å². The van der Waals surface area contributed by atoms with Crippen molar-refractivity contribution in [2.75, 3.05) is 13.1 Å². The van der Waals surface area contributed by atoms with Crippen LogP contribution in [0.25, 0.3) is 0 Å². The molecule has 6 nitrogen and oxygen atoms in total. The quantitative estimate of drug-likeness (QED) is 0.640. The molecule has 0 aromatic heterocycles. The van der Waals surface area contributed by atoms with Gasteiger partial charge in [0.25, 0.3) is 0 Å². The van der Waals surface area contributed by atoms with Gasteiger partial charge in [-0.05, 0) is 36.8 Å². The normalized spacial score (nSPS) is 20.3. The van der Waals surface area contributed by atoms with Crippen LogP contribution >= 0.6 is 0 Å². The highest BCUT2D eigenvalue weighted by Crippen LogP contribution is 2.28. The maximum atomic E-state index is 12.3. The number of nitrogens with one attached hydrogen (secondary N) is 2. The van der Waals surface area contributed by atoms with Gasteiger partial charge >= 0.3 is 6.03 Å². The van der Waals surface area contributed by atoms with Crippen LogP contribution in [0, 0.1) is 0 Å². The average molecular weight is 329 g/mol. The summed E-state index contributed by atoms with van der Waals surface area (Å²) in [5.41, 5.74) is 2.54. The molecule has 1 aromatic carbocycles. The minimum atomic E-state index is -0.363. The van der Waals surface area contributed by atoms with Gasteiger partial charge in [0.1, 0.15) is 0 Å². The van der Waals surface area contributed by atoms with E-state index in [2.05, 4.69) is 22.8 Å². The highest BCUT2D eigenvalue weighted by Gasteiger charge is 2.28. The number of aryl methyl sites for hydroxylation is 1. The van der Waals surface area contributed by atoms with Crippen LogP contribution in [0.15, 0.2) is 24.3 Å². The minimum Gasteiger partial charge on any atom is -0.349 e. The van der Waals surface area contributed by atoms with Crippen molar-refractivity contribution in [1.82, 2.24) is 15.5 Å². The van der Waals surface area contributed by atoms with Gasteiger partial charge < -0.3 is 10.6 Å². The molecule has 0 spiro atoms. The number of imide groups is 1. The molecule has 1 atom stereocenters. The zero-order chi connectivity index (χ0) is 16.9. The number of benzene rings is 1. The van der Waals surface area contributed by atoms with Gasteiger partial charge in [-0.25, -0.2) is 4.79 Å². The molecule has 1 unspecified atom stereocenters. The lowest BCUT2D eigenvalue weighted by Gasteiger charge is -2.20. The van der Waals surface area contributed by atoms with Crippen LogP contribution in [0.4, 0.5) is 4.79 Å². The highest BCUT2D eigenvalue weighted by molar-refractivity contribution is 6.01. The van der Waals surface area contributed by atoms with Gasteiger partial charge in [0, 0.05) is 13.0 Å². The van der Waals surface area contributed by atoms with Crippen LogP contribution in [0.5, 0.6) is 0 Å². The third-order valence-corrected chi connectivity index (χ3v) is 4.68. The fourth-order valence-electron chi connectivity index (χ4n) is 3.42. The van der Waals surface area contributed by atoms with Gasteiger partial charge in [-0.3, -0.25) is 14.5 Å². The van der Waals surface area contributed by atoms with Crippen molar-refractivity contribution in [1.29, 1.82) is 0 Å². The molecular weight excluding hydrogens is 306 g/mol. The van der Waals surface area contributed by atoms with E-state index in [-0.39, 0.29) is 30.4 Å². The number of hydrogen-bond donors (Lipinski definition) is 2. The summed E-state index contributed by atoms with van der Waals surface area (Å²) in [6, 6.07) is 7.99. The van der Waals surface area contributed by atoms with Crippen LogP contribution in [-0.2, 0) is 16.0 Å². The zero-order valence-electron chi connectivity index (χ0n) is 13.7. The summed E-state index contributed by atoms with van der Waals surface area (Å²) in [4.78, 5) is 36.4. The van der Waals surface area contributed by atoms with Gasteiger partial charge in [-0.15, -0.1) is 0 Å². The molecule has 6 heteroatoms. The topological polar surface area (TPSA) is 78.5 Å². The summed E-state index contributed by atoms with van der Waals surface area (Å²) in [5, 5.41) is 5.60. The lowest BCUT2D eigenvalue weighted by atomic mass is 9.99. The number of fused-ring (bicyclic) bond motifs is 1. The second-order valence-electron chi connectivity index (χ2n) is 6.37. The smallest absolute Gasteiger partial charge is 0.324 e. The van der Waals surface area contributed by atoms with E-state index in [0.717, 1.165) is 25.7 Å². The Morgan fingerprint density at radius 2 is 2.08 bits per heavy atom. The van der Waals surface area contributed by atoms with Crippen LogP contribution < -0.4 is 10.6 Å². The third kappa shape index (κ3) is 3.75. The molecule has 24 heavy (non-hydrogen) atoms. The number of amides is 4. The number of carbonyl (C=O) groups excluding carboxylic acids is 3. The molecule has 0 saturated carbocycles. The summed E-state index contributed by atoms with van der Waals surface area (Å²) in [7, 11) is 0. The van der Waals surface area contributed by atoms with Gasteiger partial charge in [0.15, 0.2) is 0 Å². The molecule has 1 saturated heterocycles. The predicted molar refractivity (Wildman–Crippen MR) is 89.2 cm³/mol. The molecule has 3 rings (SSSR count). The fourth-order valence-corrected chi connectivity index (χ4v) is 3.42. The number of nitrogens with zero attached hydrogens (tertiary/aromatic N) is 1. The lowest BCUT2D eigenvalue weighted by molar-refractivity contribution is -0.126. The molecule has 0 radical (unpaired) electrons. The number of rotatable bonds is 5. The van der Waals surface area contributed by atoms with E-state index < -0.39 is 0 Å². The van der Waals surface area contributed by atoms with Crippen molar-refractivity contribution in [2.45, 2.75) is 44.6 Å². The first-order valence-electron chi connectivity index (χ1n) is 8.60. The van der Waals surface area contributed by atoms with Crippen LogP contribution in [0.2, 0.25) is 0 Å². The van der Waals surface area contributed by atoms with E-state index in [1.54, 1.807) is 0 Å². The Morgan fingerprint density at radius 3 is 2.88 bits per heavy atom. The number of hydrogen-bond acceptors (Lipinski definition) is 3. The predicted octanol–water partition coefficient (Wildman–Crippen LogP) is 1.90. The van der Waals surface area contributed by atoms with Crippen LogP contribution in [0.1, 0.15) is 49.3 Å². The van der Waals surface area contributed by atoms with Crippen molar-refractivity contribution < 1.29 is 14.4 Å². The van der Waals surface area contributed by atoms with Crippen molar-refractivity contribution in [3.8, 4) is 0 Å². The van der Waals surface area contributed by atoms with Crippen molar-refractivity contribution in [3.63, 3.8) is 0 Å². The largest absolute Gasteiger partial charge is 0.349 e. The first kappa shape index (κ1) is 16.5. The minimum absolute atomic E-state index is 0.0243. The Bertz CT molecular complexity index is 628. The first-order chi connectivity index (χ1) is 11.6. The Kier molecular flexibility index (Phi) is 5.13. The maximum absolute atomic E-state index is 12.3. The Balaban J connectivity index is 1.52. The molecule has 4 amide bonds. The second-order valence-corrected chi connectivity index (χ2v) is 6.37. The molecule has 0 bridgehead atoms. The van der Waals surface area contributed by atoms with Crippen molar-refractivity contribution in [2.24, 2.45) is 0 Å². The molecule has 1 aromatic rings. The van der Waals surface area contributed by atoms with Crippen molar-refractivity contribution in [3.05, 3.63) is 35.4 Å². The molecular formula is C18H23N3O3. The van der Waals surface area contributed by atoms with Gasteiger partial charge in [-0.1, -0.05) is 30.7 Å². The summed E-state index contributed by atoms with van der Waals surface area (Å²) in [5.74, 6) is -0.248. The Hall–Kier alpha value is -2.37. The van der Waals surface area contributed by atoms with Crippen molar-refractivity contribution >= 4 is 17.8 Å². The Morgan fingerprint density at radius 1 is 1.25 bits per heavy atom. The summed E-state index contributed by atoms with van der Waals surface area (Å²) in [6.45, 7) is 0.350. The van der Waals surface area contributed by atoms with E-state index in [1.165, 1.54) is 16.0 Å². The monoisotopic (exact) mass is 329 g/mol. The number of carbonyl (C=O) groups is 3. The standard InChI is InChI=1S/C18H23N3O3/c22-16(10-5-11-21-17(23)12-19-18(21)24)20-15-9-4-2-7-13-6-1-3-8-14(13)15/h1,3,6,8,15H,2,4-5,7,9-12H2,(H,19,24)(H,20,22). The molecule has 1 aliphatic carbocycles. The molecule has 1 heterocycles. The molecule has 1 fully saturated rings. The summed E-state index contributed by atoms with van der Waals surface area (Å²) in [6.07, 6.45) is 5.07. The average Bonchev–Trinajstić information content (AvgIpc) is 2.79. The van der Waals surface area contributed by atoms with E-state index in [9.17, 15) is 14.4 Å². The Labute approximate surface area is 141 Å². The van der Waals surface area contributed by atoms with E-state index in [4.69, 9.17) is 0 Å². The molecule has 128 valence electrons. The van der Waals surface area contributed by atoms with E-state index >= 15 is 0 Å². The van der Waals surface area contributed by atoms with Crippen LogP contribution in [0.3, 0.4) is 0 Å². The maximum Gasteiger partial charge on any atom is 0.324 e. The summed E-state index contributed by atoms with van der Waals surface area (Å²) >= 11 is 0. The van der Waals surface area contributed by atoms with E-state index in [0.29, 0.717) is 19.4 Å². The number of urea groups is 1. The van der Waals surface area contributed by atoms with Gasteiger partial charge in [0.2, 0.25) is 11.8 Å².